The molecule has 6 nitrogen and oxygen atoms in total. The van der Waals surface area contributed by atoms with Gasteiger partial charge in [-0.15, -0.1) is 11.3 Å². The number of thiazole rings is 1. The van der Waals surface area contributed by atoms with Gasteiger partial charge < -0.3 is 11.1 Å². The van der Waals surface area contributed by atoms with E-state index < -0.39 is 0 Å². The van der Waals surface area contributed by atoms with Gasteiger partial charge in [-0.1, -0.05) is 0 Å². The molecule has 0 radical (unpaired) electrons. The van der Waals surface area contributed by atoms with Gasteiger partial charge in [0.15, 0.2) is 0 Å². The van der Waals surface area contributed by atoms with Gasteiger partial charge >= 0.3 is 0 Å². The van der Waals surface area contributed by atoms with Crippen LogP contribution < -0.4 is 11.1 Å². The van der Waals surface area contributed by atoms with E-state index in [0.717, 1.165) is 10.7 Å². The minimum atomic E-state index is -0.246. The lowest BCUT2D eigenvalue weighted by atomic mass is 10.4. The highest BCUT2D eigenvalue weighted by Gasteiger charge is 2.12. The molecule has 0 fully saturated rings. The van der Waals surface area contributed by atoms with Crippen LogP contribution in [0.15, 0.2) is 11.4 Å². The number of nitrogens with one attached hydrogen (secondary N) is 1. The molecule has 0 saturated carbocycles. The van der Waals surface area contributed by atoms with Gasteiger partial charge in [-0.25, -0.2) is 4.98 Å². The van der Waals surface area contributed by atoms with Crippen LogP contribution in [0.5, 0.6) is 0 Å². The zero-order chi connectivity index (χ0) is 12.4. The van der Waals surface area contributed by atoms with Crippen LogP contribution in [-0.2, 0) is 13.6 Å². The second-order valence-corrected chi connectivity index (χ2v) is 4.52. The van der Waals surface area contributed by atoms with E-state index in [1.165, 1.54) is 11.3 Å². The quantitative estimate of drug-likeness (QED) is 0.848. The van der Waals surface area contributed by atoms with E-state index in [4.69, 9.17) is 5.73 Å². The van der Waals surface area contributed by atoms with Crippen LogP contribution in [-0.4, -0.2) is 20.7 Å². The highest BCUT2D eigenvalue weighted by Crippen LogP contribution is 2.13. The number of hydrogen-bond donors (Lipinski definition) is 2. The van der Waals surface area contributed by atoms with Crippen LogP contribution in [0.3, 0.4) is 0 Å². The van der Waals surface area contributed by atoms with E-state index in [2.05, 4.69) is 15.4 Å². The van der Waals surface area contributed by atoms with Crippen molar-refractivity contribution in [2.45, 2.75) is 13.5 Å². The highest BCUT2D eigenvalue weighted by molar-refractivity contribution is 7.09. The third-order valence-corrected chi connectivity index (χ3v) is 3.07. The molecule has 0 aliphatic rings. The van der Waals surface area contributed by atoms with Crippen LogP contribution >= 0.6 is 11.3 Å². The van der Waals surface area contributed by atoms with E-state index in [9.17, 15) is 4.79 Å². The summed E-state index contributed by atoms with van der Waals surface area (Å²) in [5.41, 5.74) is 6.68. The number of amides is 1. The first-order valence-corrected chi connectivity index (χ1v) is 5.94. The zero-order valence-electron chi connectivity index (χ0n) is 9.60. The number of aromatic nitrogens is 3. The molecule has 90 valence electrons. The van der Waals surface area contributed by atoms with Gasteiger partial charge in [0, 0.05) is 25.0 Å². The average molecular weight is 251 g/mol. The summed E-state index contributed by atoms with van der Waals surface area (Å²) in [6, 6.07) is 1.80. The van der Waals surface area contributed by atoms with Crippen molar-refractivity contribution < 1.29 is 4.79 Å². The summed E-state index contributed by atoms with van der Waals surface area (Å²) >= 11 is 1.38. The Morgan fingerprint density at radius 1 is 1.65 bits per heavy atom. The van der Waals surface area contributed by atoms with Crippen molar-refractivity contribution in [3.63, 3.8) is 0 Å². The van der Waals surface area contributed by atoms with Crippen molar-refractivity contribution in [3.8, 4) is 0 Å². The molecule has 2 aromatic rings. The number of carbonyl (C=O) groups is 1. The molecule has 0 aliphatic heterocycles. The molecule has 17 heavy (non-hydrogen) atoms. The SMILES string of the molecule is Cc1cc(NC(=O)c2csc(CN)n2)n(C)n1. The molecule has 2 rings (SSSR count). The van der Waals surface area contributed by atoms with Crippen LogP contribution in [0.2, 0.25) is 0 Å². The lowest BCUT2D eigenvalue weighted by Crippen LogP contribution is -2.15. The van der Waals surface area contributed by atoms with E-state index >= 15 is 0 Å². The van der Waals surface area contributed by atoms with Crippen LogP contribution in [0.4, 0.5) is 5.82 Å². The Labute approximate surface area is 102 Å². The Morgan fingerprint density at radius 3 is 2.94 bits per heavy atom. The topological polar surface area (TPSA) is 85.8 Å². The maximum Gasteiger partial charge on any atom is 0.276 e. The monoisotopic (exact) mass is 251 g/mol. The summed E-state index contributed by atoms with van der Waals surface area (Å²) in [4.78, 5) is 16.0. The first-order chi connectivity index (χ1) is 8.10. The first-order valence-electron chi connectivity index (χ1n) is 5.06. The fraction of sp³-hybridized carbons (Fsp3) is 0.300. The molecule has 3 N–H and O–H groups in total. The molecule has 2 heterocycles. The molecule has 0 atom stereocenters. The molecule has 0 bridgehead atoms. The van der Waals surface area contributed by atoms with Crippen molar-refractivity contribution in [3.05, 3.63) is 27.8 Å². The number of nitrogens with two attached hydrogens (primary N) is 1. The molecule has 0 saturated heterocycles. The summed E-state index contributed by atoms with van der Waals surface area (Å²) in [6.07, 6.45) is 0. The minimum Gasteiger partial charge on any atom is -0.325 e. The Balaban J connectivity index is 2.14. The second kappa shape index (κ2) is 4.64. The van der Waals surface area contributed by atoms with E-state index in [-0.39, 0.29) is 5.91 Å². The van der Waals surface area contributed by atoms with Gasteiger partial charge in [0.25, 0.3) is 5.91 Å². The Morgan fingerprint density at radius 2 is 2.41 bits per heavy atom. The molecule has 0 unspecified atom stereocenters. The van der Waals surface area contributed by atoms with Gasteiger partial charge in [-0.3, -0.25) is 9.48 Å². The maximum absolute atomic E-state index is 11.9. The molecule has 0 aliphatic carbocycles. The normalized spacial score (nSPS) is 10.5. The summed E-state index contributed by atoms with van der Waals surface area (Å²) < 4.78 is 1.61. The molecular formula is C10H13N5OS. The summed E-state index contributed by atoms with van der Waals surface area (Å²) in [6.45, 7) is 2.22. The van der Waals surface area contributed by atoms with Gasteiger partial charge in [-0.2, -0.15) is 5.10 Å². The molecular weight excluding hydrogens is 238 g/mol. The maximum atomic E-state index is 11.9. The Hall–Kier alpha value is -1.73. The highest BCUT2D eigenvalue weighted by atomic mass is 32.1. The van der Waals surface area contributed by atoms with Crippen molar-refractivity contribution in [1.29, 1.82) is 0 Å². The largest absolute Gasteiger partial charge is 0.325 e. The van der Waals surface area contributed by atoms with Crippen molar-refractivity contribution in [1.82, 2.24) is 14.8 Å². The zero-order valence-corrected chi connectivity index (χ0v) is 10.4. The first kappa shape index (κ1) is 11.7. The lowest BCUT2D eigenvalue weighted by Gasteiger charge is -2.02. The van der Waals surface area contributed by atoms with Crippen molar-refractivity contribution in [2.24, 2.45) is 12.8 Å². The predicted octanol–water partition coefficient (Wildman–Crippen LogP) is 0.896. The van der Waals surface area contributed by atoms with Crippen LogP contribution in [0, 0.1) is 6.92 Å². The third-order valence-electron chi connectivity index (χ3n) is 2.20. The molecule has 1 amide bonds. The molecule has 0 aromatic carbocycles. The van der Waals surface area contributed by atoms with Gasteiger partial charge in [0.2, 0.25) is 0 Å². The Kier molecular flexibility index (Phi) is 3.21. The predicted molar refractivity (Wildman–Crippen MR) is 65.9 cm³/mol. The van der Waals surface area contributed by atoms with Crippen LogP contribution in [0.1, 0.15) is 21.2 Å². The smallest absolute Gasteiger partial charge is 0.276 e. The summed E-state index contributed by atoms with van der Waals surface area (Å²) in [7, 11) is 1.77. The van der Waals surface area contributed by atoms with E-state index in [1.54, 1.807) is 23.2 Å². The fourth-order valence-corrected chi connectivity index (χ4v) is 2.07. The average Bonchev–Trinajstić information content (AvgIpc) is 2.86. The molecule has 0 spiro atoms. The standard InChI is InChI=1S/C10H13N5OS/c1-6-3-8(15(2)14-6)13-10(16)7-5-17-9(4-11)12-7/h3,5H,4,11H2,1-2H3,(H,13,16). The minimum absolute atomic E-state index is 0.246. The van der Waals surface area contributed by atoms with Crippen molar-refractivity contribution >= 4 is 23.1 Å². The summed E-state index contributed by atoms with van der Waals surface area (Å²) in [5, 5.41) is 9.33. The summed E-state index contributed by atoms with van der Waals surface area (Å²) in [5.74, 6) is 0.402. The van der Waals surface area contributed by atoms with Crippen LogP contribution in [0.25, 0.3) is 0 Å². The number of aryl methyl sites for hydroxylation is 2. The second-order valence-electron chi connectivity index (χ2n) is 3.58. The van der Waals surface area contributed by atoms with Gasteiger partial charge in [0.1, 0.15) is 16.5 Å². The number of carbonyl (C=O) groups excluding carboxylic acids is 1. The number of hydrogen-bond acceptors (Lipinski definition) is 5. The lowest BCUT2D eigenvalue weighted by molar-refractivity contribution is 0.102. The van der Waals surface area contributed by atoms with E-state index in [1.807, 2.05) is 6.92 Å². The number of anilines is 1. The molecule has 2 aromatic heterocycles. The number of rotatable bonds is 3. The van der Waals surface area contributed by atoms with E-state index in [0.29, 0.717) is 18.1 Å². The number of nitrogens with zero attached hydrogens (tertiary/aromatic N) is 3. The van der Waals surface area contributed by atoms with Gasteiger partial charge in [0.05, 0.1) is 5.69 Å². The van der Waals surface area contributed by atoms with Gasteiger partial charge in [-0.05, 0) is 6.92 Å². The molecule has 7 heteroatoms. The van der Waals surface area contributed by atoms with Crippen molar-refractivity contribution in [2.75, 3.05) is 5.32 Å². The Bertz CT molecular complexity index is 545. The fourth-order valence-electron chi connectivity index (χ4n) is 1.42. The third kappa shape index (κ3) is 2.51.